The lowest BCUT2D eigenvalue weighted by Crippen LogP contribution is -2.27. The van der Waals surface area contributed by atoms with Crippen molar-refractivity contribution in [2.75, 3.05) is 11.9 Å². The first-order valence-corrected chi connectivity index (χ1v) is 8.77. The number of anilines is 1. The van der Waals surface area contributed by atoms with E-state index in [1.165, 1.54) is 35.3 Å². The zero-order valence-corrected chi connectivity index (χ0v) is 13.9. The van der Waals surface area contributed by atoms with Crippen LogP contribution >= 0.6 is 0 Å². The van der Waals surface area contributed by atoms with E-state index >= 15 is 0 Å². The molecule has 0 unspecified atom stereocenters. The first kappa shape index (κ1) is 16.0. The molecule has 1 aliphatic rings. The summed E-state index contributed by atoms with van der Waals surface area (Å²) in [6.45, 7) is -0.171. The molecule has 11 heteroatoms. The summed E-state index contributed by atoms with van der Waals surface area (Å²) in [7, 11) is -4.19. The van der Waals surface area contributed by atoms with Crippen molar-refractivity contribution in [2.24, 2.45) is 0 Å². The number of para-hydroxylation sites is 1. The van der Waals surface area contributed by atoms with Gasteiger partial charge in [0.2, 0.25) is 0 Å². The van der Waals surface area contributed by atoms with Crippen LogP contribution in [0.25, 0.3) is 5.69 Å². The molecule has 0 saturated heterocycles. The Balaban J connectivity index is 1.63. The smallest absolute Gasteiger partial charge is 0.341 e. The van der Waals surface area contributed by atoms with Gasteiger partial charge in [0.1, 0.15) is 28.4 Å². The quantitative estimate of drug-likeness (QED) is 0.665. The molecule has 4 rings (SSSR count). The molecule has 1 amide bonds. The lowest BCUT2D eigenvalue weighted by molar-refractivity contribution is -0.118. The number of nitrogens with zero attached hydrogens (tertiary/aromatic N) is 4. The van der Waals surface area contributed by atoms with Crippen LogP contribution in [0.1, 0.15) is 0 Å². The number of rotatable bonds is 4. The highest BCUT2D eigenvalue weighted by Gasteiger charge is 2.27. The summed E-state index contributed by atoms with van der Waals surface area (Å²) in [5.41, 5.74) is 0.701. The molecule has 0 bridgehead atoms. The van der Waals surface area contributed by atoms with Crippen LogP contribution in [0.4, 0.5) is 5.69 Å². The second-order valence-electron chi connectivity index (χ2n) is 5.25. The molecule has 0 aliphatic carbocycles. The van der Waals surface area contributed by atoms with Crippen molar-refractivity contribution in [1.29, 1.82) is 0 Å². The van der Waals surface area contributed by atoms with Crippen LogP contribution in [0.15, 0.2) is 53.7 Å². The molecule has 3 aromatic rings. The maximum absolute atomic E-state index is 12.6. The second-order valence-corrected chi connectivity index (χ2v) is 6.77. The molecule has 1 aromatic heterocycles. The second kappa shape index (κ2) is 6.11. The van der Waals surface area contributed by atoms with Gasteiger partial charge in [0, 0.05) is 0 Å². The fourth-order valence-electron chi connectivity index (χ4n) is 2.39. The Morgan fingerprint density at radius 3 is 2.69 bits per heavy atom. The monoisotopic (exact) mass is 373 g/mol. The SMILES string of the molecule is O=C1COc2cccc(S(=O)(=O)Oc3ccc(-n4cnnn4)cc3)c2N1. The predicted octanol–water partition coefficient (Wildman–Crippen LogP) is 0.761. The normalized spacial score (nSPS) is 13.5. The molecule has 10 nitrogen and oxygen atoms in total. The lowest BCUT2D eigenvalue weighted by atomic mass is 10.2. The summed E-state index contributed by atoms with van der Waals surface area (Å²) in [5.74, 6) is -0.0725. The Morgan fingerprint density at radius 1 is 1.15 bits per heavy atom. The highest BCUT2D eigenvalue weighted by Crippen LogP contribution is 2.35. The molecule has 0 saturated carbocycles. The lowest BCUT2D eigenvalue weighted by Gasteiger charge is -2.20. The van der Waals surface area contributed by atoms with E-state index in [0.717, 1.165) is 0 Å². The number of nitrogens with one attached hydrogen (secondary N) is 1. The molecule has 1 aliphatic heterocycles. The maximum atomic E-state index is 12.6. The van der Waals surface area contributed by atoms with E-state index in [1.54, 1.807) is 18.2 Å². The summed E-state index contributed by atoms with van der Waals surface area (Å²) in [6, 6.07) is 10.6. The molecule has 1 N–H and O–H groups in total. The average Bonchev–Trinajstić information content (AvgIpc) is 3.16. The third-order valence-corrected chi connectivity index (χ3v) is 4.83. The van der Waals surface area contributed by atoms with E-state index in [4.69, 9.17) is 8.92 Å². The molecule has 0 spiro atoms. The first-order chi connectivity index (χ1) is 12.5. The number of hydrogen-bond acceptors (Lipinski definition) is 8. The Bertz CT molecular complexity index is 1060. The topological polar surface area (TPSA) is 125 Å². The molecule has 0 radical (unpaired) electrons. The van der Waals surface area contributed by atoms with Crippen LogP contribution in [0.3, 0.4) is 0 Å². The van der Waals surface area contributed by atoms with Crippen LogP contribution in [0.5, 0.6) is 11.5 Å². The summed E-state index contributed by atoms with van der Waals surface area (Å²) < 4.78 is 37.1. The molecule has 2 heterocycles. The van der Waals surface area contributed by atoms with Gasteiger partial charge in [-0.3, -0.25) is 4.79 Å². The van der Waals surface area contributed by atoms with Gasteiger partial charge in [-0.1, -0.05) is 6.07 Å². The van der Waals surface area contributed by atoms with Crippen molar-refractivity contribution < 1.29 is 22.1 Å². The van der Waals surface area contributed by atoms with E-state index < -0.39 is 16.0 Å². The Hall–Kier alpha value is -3.47. The standard InChI is InChI=1S/C15H11N5O5S/c21-14-8-24-12-2-1-3-13(15(12)17-14)26(22,23)25-11-6-4-10(5-7-11)20-9-16-18-19-20/h1-7,9H,8H2,(H,17,21). The van der Waals surface area contributed by atoms with Gasteiger partial charge in [-0.25, -0.2) is 4.68 Å². The van der Waals surface area contributed by atoms with Crippen LogP contribution in [-0.4, -0.2) is 41.1 Å². The van der Waals surface area contributed by atoms with Crippen LogP contribution in [0.2, 0.25) is 0 Å². The number of amides is 1. The maximum Gasteiger partial charge on any atom is 0.341 e. The molecule has 0 fully saturated rings. The van der Waals surface area contributed by atoms with Gasteiger partial charge in [-0.2, -0.15) is 8.42 Å². The summed E-state index contributed by atoms with van der Waals surface area (Å²) in [6.07, 6.45) is 1.41. The Labute approximate surface area is 147 Å². The summed E-state index contributed by atoms with van der Waals surface area (Å²) in [4.78, 5) is 11.3. The van der Waals surface area contributed by atoms with Gasteiger partial charge in [0.15, 0.2) is 6.61 Å². The van der Waals surface area contributed by atoms with E-state index in [0.29, 0.717) is 5.69 Å². The number of carbonyl (C=O) groups is 1. The van der Waals surface area contributed by atoms with Crippen molar-refractivity contribution in [3.05, 3.63) is 48.8 Å². The zero-order valence-electron chi connectivity index (χ0n) is 13.1. The minimum atomic E-state index is -4.19. The van der Waals surface area contributed by atoms with Crippen molar-refractivity contribution >= 4 is 21.7 Å². The Kier molecular flexibility index (Phi) is 3.77. The zero-order chi connectivity index (χ0) is 18.1. The number of ether oxygens (including phenoxy) is 1. The van der Waals surface area contributed by atoms with Gasteiger partial charge >= 0.3 is 10.1 Å². The largest absolute Gasteiger partial charge is 0.482 e. The van der Waals surface area contributed by atoms with Crippen molar-refractivity contribution in [3.8, 4) is 17.2 Å². The third-order valence-electron chi connectivity index (χ3n) is 3.54. The van der Waals surface area contributed by atoms with Gasteiger partial charge in [0.25, 0.3) is 5.91 Å². The first-order valence-electron chi connectivity index (χ1n) is 7.36. The van der Waals surface area contributed by atoms with Crippen LogP contribution in [-0.2, 0) is 14.9 Å². The minimum Gasteiger partial charge on any atom is -0.482 e. The molecule has 0 atom stereocenters. The number of fused-ring (bicyclic) bond motifs is 1. The number of benzene rings is 2. The number of hydrogen-bond donors (Lipinski definition) is 1. The van der Waals surface area contributed by atoms with E-state index in [-0.39, 0.29) is 28.7 Å². The predicted molar refractivity (Wildman–Crippen MR) is 87.5 cm³/mol. The molecular formula is C15H11N5O5S. The van der Waals surface area contributed by atoms with Crippen molar-refractivity contribution in [3.63, 3.8) is 0 Å². The fourth-order valence-corrected chi connectivity index (χ4v) is 3.49. The van der Waals surface area contributed by atoms with Gasteiger partial charge in [0.05, 0.1) is 5.69 Å². The highest BCUT2D eigenvalue weighted by molar-refractivity contribution is 7.87. The van der Waals surface area contributed by atoms with Crippen molar-refractivity contribution in [2.45, 2.75) is 4.90 Å². The number of tetrazole rings is 1. The fraction of sp³-hybridized carbons (Fsp3) is 0.0667. The third kappa shape index (κ3) is 2.95. The molecule has 26 heavy (non-hydrogen) atoms. The van der Waals surface area contributed by atoms with Gasteiger partial charge in [-0.05, 0) is 46.8 Å². The van der Waals surface area contributed by atoms with Crippen molar-refractivity contribution in [1.82, 2.24) is 20.2 Å². The molecule has 2 aromatic carbocycles. The number of aromatic nitrogens is 4. The average molecular weight is 373 g/mol. The van der Waals surface area contributed by atoms with E-state index in [1.807, 2.05) is 0 Å². The van der Waals surface area contributed by atoms with E-state index in [9.17, 15) is 13.2 Å². The van der Waals surface area contributed by atoms with E-state index in [2.05, 4.69) is 20.8 Å². The highest BCUT2D eigenvalue weighted by atomic mass is 32.2. The van der Waals surface area contributed by atoms with Gasteiger partial charge < -0.3 is 14.2 Å². The summed E-state index contributed by atoms with van der Waals surface area (Å²) >= 11 is 0. The van der Waals surface area contributed by atoms with Crippen LogP contribution in [0, 0.1) is 0 Å². The molecular weight excluding hydrogens is 362 g/mol. The van der Waals surface area contributed by atoms with Crippen LogP contribution < -0.4 is 14.2 Å². The molecule has 132 valence electrons. The minimum absolute atomic E-state index is 0.0639. The number of carbonyl (C=O) groups excluding carboxylic acids is 1. The Morgan fingerprint density at radius 2 is 1.96 bits per heavy atom. The van der Waals surface area contributed by atoms with Gasteiger partial charge in [-0.15, -0.1) is 5.10 Å². The summed E-state index contributed by atoms with van der Waals surface area (Å²) in [5, 5.41) is 13.3.